The average Bonchev–Trinajstić information content (AvgIpc) is 2.52. The first-order chi connectivity index (χ1) is 9.72. The molecule has 1 aliphatic heterocycles. The molecule has 0 bridgehead atoms. The van der Waals surface area contributed by atoms with Gasteiger partial charge in [-0.1, -0.05) is 30.3 Å². The maximum absolute atomic E-state index is 12.3. The van der Waals surface area contributed by atoms with E-state index < -0.39 is 12.0 Å². The minimum atomic E-state index is -0.614. The minimum absolute atomic E-state index is 0.0347. The van der Waals surface area contributed by atoms with Crippen molar-refractivity contribution in [3.63, 3.8) is 0 Å². The zero-order valence-electron chi connectivity index (χ0n) is 11.6. The molecule has 0 aromatic heterocycles. The van der Waals surface area contributed by atoms with Gasteiger partial charge in [-0.2, -0.15) is 0 Å². The Kier molecular flexibility index (Phi) is 5.12. The van der Waals surface area contributed by atoms with Crippen molar-refractivity contribution >= 4 is 11.9 Å². The summed E-state index contributed by atoms with van der Waals surface area (Å²) >= 11 is 0. The van der Waals surface area contributed by atoms with E-state index in [0.29, 0.717) is 26.0 Å². The third kappa shape index (κ3) is 3.57. The number of methoxy groups -OCH3 is 1. The van der Waals surface area contributed by atoms with Gasteiger partial charge in [-0.25, -0.2) is 4.79 Å². The van der Waals surface area contributed by atoms with Gasteiger partial charge in [0.15, 0.2) is 6.04 Å². The number of morpholine rings is 1. The highest BCUT2D eigenvalue weighted by molar-refractivity contribution is 5.85. The lowest BCUT2D eigenvalue weighted by Gasteiger charge is -2.33. The summed E-state index contributed by atoms with van der Waals surface area (Å²) in [5.41, 5.74) is 1.11. The van der Waals surface area contributed by atoms with E-state index in [9.17, 15) is 9.59 Å². The first-order valence-electron chi connectivity index (χ1n) is 6.71. The standard InChI is InChI=1S/C15H19NO4/c1-19-15(18)13-11-20-10-9-16(13)14(17)8-7-12-5-3-2-4-6-12/h2-6,13H,7-11H2,1H3. The molecule has 0 saturated carbocycles. The molecule has 5 heteroatoms. The Bertz CT molecular complexity index is 460. The normalized spacial score (nSPS) is 18.6. The predicted molar refractivity (Wildman–Crippen MR) is 73.1 cm³/mol. The molecule has 1 atom stereocenters. The monoisotopic (exact) mass is 277 g/mol. The van der Waals surface area contributed by atoms with Crippen LogP contribution >= 0.6 is 0 Å². The second kappa shape index (κ2) is 7.05. The highest BCUT2D eigenvalue weighted by Crippen LogP contribution is 2.12. The maximum atomic E-state index is 12.3. The first kappa shape index (κ1) is 14.5. The van der Waals surface area contributed by atoms with Gasteiger partial charge < -0.3 is 14.4 Å². The topological polar surface area (TPSA) is 55.8 Å². The lowest BCUT2D eigenvalue weighted by molar-refractivity contribution is -0.160. The molecule has 0 N–H and O–H groups in total. The summed E-state index contributed by atoms with van der Waals surface area (Å²) in [6.07, 6.45) is 1.06. The van der Waals surface area contributed by atoms with Crippen molar-refractivity contribution in [1.82, 2.24) is 4.90 Å². The van der Waals surface area contributed by atoms with E-state index in [1.165, 1.54) is 7.11 Å². The van der Waals surface area contributed by atoms with Gasteiger partial charge in [0, 0.05) is 13.0 Å². The van der Waals surface area contributed by atoms with E-state index in [0.717, 1.165) is 5.56 Å². The van der Waals surface area contributed by atoms with Gasteiger partial charge >= 0.3 is 5.97 Å². The number of ether oxygens (including phenoxy) is 2. The zero-order chi connectivity index (χ0) is 14.4. The SMILES string of the molecule is COC(=O)C1COCCN1C(=O)CCc1ccccc1. The first-order valence-corrected chi connectivity index (χ1v) is 6.71. The largest absolute Gasteiger partial charge is 0.467 e. The molecule has 2 rings (SSSR count). The summed E-state index contributed by atoms with van der Waals surface area (Å²) in [6, 6.07) is 9.21. The molecule has 108 valence electrons. The predicted octanol–water partition coefficient (Wildman–Crippen LogP) is 1.02. The van der Waals surface area contributed by atoms with E-state index in [4.69, 9.17) is 9.47 Å². The van der Waals surface area contributed by atoms with Crippen LogP contribution in [0.15, 0.2) is 30.3 Å². The number of aryl methyl sites for hydroxylation is 1. The molecule has 1 amide bonds. The van der Waals surface area contributed by atoms with Gasteiger partial charge in [0.05, 0.1) is 20.3 Å². The highest BCUT2D eigenvalue weighted by atomic mass is 16.5. The van der Waals surface area contributed by atoms with Crippen LogP contribution in [-0.4, -0.2) is 49.7 Å². The van der Waals surface area contributed by atoms with E-state index >= 15 is 0 Å². The third-order valence-electron chi connectivity index (χ3n) is 3.39. The molecule has 1 aromatic rings. The van der Waals surface area contributed by atoms with E-state index in [1.54, 1.807) is 4.90 Å². The number of rotatable bonds is 4. The number of nitrogens with zero attached hydrogens (tertiary/aromatic N) is 1. The molecule has 0 spiro atoms. The summed E-state index contributed by atoms with van der Waals surface area (Å²) < 4.78 is 9.97. The van der Waals surface area contributed by atoms with E-state index in [1.807, 2.05) is 30.3 Å². The van der Waals surface area contributed by atoms with Crippen molar-refractivity contribution in [1.29, 1.82) is 0 Å². The lowest BCUT2D eigenvalue weighted by Crippen LogP contribution is -2.53. The molecule has 1 saturated heterocycles. The number of carbonyl (C=O) groups excluding carboxylic acids is 2. The second-order valence-electron chi connectivity index (χ2n) is 4.69. The molecular weight excluding hydrogens is 258 g/mol. The van der Waals surface area contributed by atoms with Crippen LogP contribution in [0.2, 0.25) is 0 Å². The van der Waals surface area contributed by atoms with Crippen LogP contribution in [0.5, 0.6) is 0 Å². The number of hydrogen-bond acceptors (Lipinski definition) is 4. The average molecular weight is 277 g/mol. The van der Waals surface area contributed by atoms with Gasteiger partial charge in [0.25, 0.3) is 0 Å². The van der Waals surface area contributed by atoms with E-state index in [-0.39, 0.29) is 12.5 Å². The minimum Gasteiger partial charge on any atom is -0.467 e. The van der Waals surface area contributed by atoms with Crippen LogP contribution in [0.1, 0.15) is 12.0 Å². The number of esters is 1. The van der Waals surface area contributed by atoms with Crippen LogP contribution in [0, 0.1) is 0 Å². The smallest absolute Gasteiger partial charge is 0.331 e. The number of amides is 1. The third-order valence-corrected chi connectivity index (χ3v) is 3.39. The van der Waals surface area contributed by atoms with Crippen LogP contribution in [0.3, 0.4) is 0 Å². The van der Waals surface area contributed by atoms with Crippen LogP contribution in [0.25, 0.3) is 0 Å². The van der Waals surface area contributed by atoms with Crippen molar-refractivity contribution in [2.75, 3.05) is 26.9 Å². The fourth-order valence-corrected chi connectivity index (χ4v) is 2.27. The second-order valence-corrected chi connectivity index (χ2v) is 4.69. The number of carbonyl (C=O) groups is 2. The van der Waals surface area contributed by atoms with Crippen LogP contribution < -0.4 is 0 Å². The number of hydrogen-bond donors (Lipinski definition) is 0. The molecule has 20 heavy (non-hydrogen) atoms. The number of benzene rings is 1. The summed E-state index contributed by atoms with van der Waals surface area (Å²) in [4.78, 5) is 25.5. The summed E-state index contributed by atoms with van der Waals surface area (Å²) in [6.45, 7) is 1.11. The lowest BCUT2D eigenvalue weighted by atomic mass is 10.1. The van der Waals surface area contributed by atoms with Gasteiger partial charge in [-0.15, -0.1) is 0 Å². The Hall–Kier alpha value is -1.88. The Labute approximate surface area is 118 Å². The fraction of sp³-hybridized carbons (Fsp3) is 0.467. The quantitative estimate of drug-likeness (QED) is 0.771. The Morgan fingerprint density at radius 3 is 2.80 bits per heavy atom. The zero-order valence-corrected chi connectivity index (χ0v) is 11.6. The summed E-state index contributed by atoms with van der Waals surface area (Å²) in [5.74, 6) is -0.453. The van der Waals surface area contributed by atoms with Crippen molar-refractivity contribution < 1.29 is 19.1 Å². The van der Waals surface area contributed by atoms with Gasteiger partial charge in [-0.05, 0) is 12.0 Å². The van der Waals surface area contributed by atoms with Crippen LogP contribution in [0.4, 0.5) is 0 Å². The molecule has 1 fully saturated rings. The molecule has 1 aromatic carbocycles. The van der Waals surface area contributed by atoms with Gasteiger partial charge in [-0.3, -0.25) is 4.79 Å². The summed E-state index contributed by atoms with van der Waals surface area (Å²) in [5, 5.41) is 0. The molecule has 1 aliphatic rings. The Morgan fingerprint density at radius 2 is 2.10 bits per heavy atom. The summed E-state index contributed by atoms with van der Waals surface area (Å²) in [7, 11) is 1.32. The molecule has 5 nitrogen and oxygen atoms in total. The maximum Gasteiger partial charge on any atom is 0.331 e. The molecule has 1 heterocycles. The van der Waals surface area contributed by atoms with E-state index in [2.05, 4.69) is 0 Å². The van der Waals surface area contributed by atoms with Gasteiger partial charge in [0.1, 0.15) is 0 Å². The Balaban J connectivity index is 1.94. The van der Waals surface area contributed by atoms with Crippen molar-refractivity contribution in [2.24, 2.45) is 0 Å². The van der Waals surface area contributed by atoms with Crippen LogP contribution in [-0.2, 0) is 25.5 Å². The Morgan fingerprint density at radius 1 is 1.35 bits per heavy atom. The molecule has 0 radical (unpaired) electrons. The van der Waals surface area contributed by atoms with Crippen molar-refractivity contribution in [2.45, 2.75) is 18.9 Å². The van der Waals surface area contributed by atoms with Gasteiger partial charge in [0.2, 0.25) is 5.91 Å². The molecular formula is C15H19NO4. The molecule has 1 unspecified atom stereocenters. The van der Waals surface area contributed by atoms with Crippen molar-refractivity contribution in [3.8, 4) is 0 Å². The fourth-order valence-electron chi connectivity index (χ4n) is 2.27. The molecule has 0 aliphatic carbocycles. The highest BCUT2D eigenvalue weighted by Gasteiger charge is 2.33. The van der Waals surface area contributed by atoms with Crippen molar-refractivity contribution in [3.05, 3.63) is 35.9 Å².